The van der Waals surface area contributed by atoms with Crippen molar-refractivity contribution in [2.24, 2.45) is 0 Å². The maximum atomic E-state index is 14.1. The monoisotopic (exact) mass is 351 g/mol. The molecule has 24 heavy (non-hydrogen) atoms. The second kappa shape index (κ2) is 7.45. The lowest BCUT2D eigenvalue weighted by Crippen LogP contribution is -2.48. The maximum Gasteiger partial charge on any atom is 0.130 e. The fraction of sp³-hybridized carbons (Fsp3) is 0.389. The SMILES string of the molecule is CCC(c1ccc(F)cc1F)N1CCN(c2ccc(Cl)cn2)CC1. The number of halogens is 3. The van der Waals surface area contributed by atoms with Gasteiger partial charge in [-0.3, -0.25) is 4.90 Å². The Morgan fingerprint density at radius 2 is 1.88 bits per heavy atom. The van der Waals surface area contributed by atoms with E-state index in [1.54, 1.807) is 12.3 Å². The van der Waals surface area contributed by atoms with Crippen molar-refractivity contribution in [1.29, 1.82) is 0 Å². The van der Waals surface area contributed by atoms with Crippen LogP contribution < -0.4 is 4.90 Å². The number of anilines is 1. The molecule has 3 rings (SSSR count). The Balaban J connectivity index is 1.69. The predicted molar refractivity (Wildman–Crippen MR) is 92.4 cm³/mol. The molecule has 0 spiro atoms. The molecule has 1 aliphatic rings. The van der Waals surface area contributed by atoms with Crippen LogP contribution in [0.2, 0.25) is 5.02 Å². The van der Waals surface area contributed by atoms with E-state index in [0.717, 1.165) is 44.5 Å². The second-order valence-corrected chi connectivity index (χ2v) is 6.38. The van der Waals surface area contributed by atoms with Gasteiger partial charge in [0.2, 0.25) is 0 Å². The Morgan fingerprint density at radius 1 is 1.12 bits per heavy atom. The van der Waals surface area contributed by atoms with Crippen LogP contribution in [0.15, 0.2) is 36.5 Å². The smallest absolute Gasteiger partial charge is 0.130 e. The molecule has 0 radical (unpaired) electrons. The first-order valence-corrected chi connectivity index (χ1v) is 8.51. The van der Waals surface area contributed by atoms with Crippen molar-refractivity contribution in [2.45, 2.75) is 19.4 Å². The summed E-state index contributed by atoms with van der Waals surface area (Å²) in [5.74, 6) is -0.103. The average Bonchev–Trinajstić information content (AvgIpc) is 2.59. The summed E-state index contributed by atoms with van der Waals surface area (Å²) in [5.41, 5.74) is 0.567. The van der Waals surface area contributed by atoms with Crippen LogP contribution >= 0.6 is 11.6 Å². The lowest BCUT2D eigenvalue weighted by Gasteiger charge is -2.39. The number of aromatic nitrogens is 1. The highest BCUT2D eigenvalue weighted by molar-refractivity contribution is 6.30. The minimum absolute atomic E-state index is 0.0362. The van der Waals surface area contributed by atoms with Crippen LogP contribution in [0.1, 0.15) is 24.9 Å². The van der Waals surface area contributed by atoms with Gasteiger partial charge < -0.3 is 4.90 Å². The molecule has 1 fully saturated rings. The number of hydrogen-bond acceptors (Lipinski definition) is 3. The molecule has 0 amide bonds. The lowest BCUT2D eigenvalue weighted by atomic mass is 10.0. The summed E-state index contributed by atoms with van der Waals surface area (Å²) in [6.45, 7) is 5.27. The van der Waals surface area contributed by atoms with E-state index in [4.69, 9.17) is 11.6 Å². The number of benzene rings is 1. The maximum absolute atomic E-state index is 14.1. The molecule has 1 aliphatic heterocycles. The molecule has 1 aromatic carbocycles. The summed E-state index contributed by atoms with van der Waals surface area (Å²) in [5, 5.41) is 0.621. The highest BCUT2D eigenvalue weighted by Gasteiger charge is 2.26. The molecule has 3 nitrogen and oxygen atoms in total. The fourth-order valence-corrected chi connectivity index (χ4v) is 3.38. The summed E-state index contributed by atoms with van der Waals surface area (Å²) in [6, 6.07) is 7.56. The van der Waals surface area contributed by atoms with Crippen LogP contribution in [0.25, 0.3) is 0 Å². The zero-order chi connectivity index (χ0) is 17.1. The Hall–Kier alpha value is -1.72. The standard InChI is InChI=1S/C18H20ClF2N3/c1-2-17(15-5-4-14(20)11-16(15)21)23-7-9-24(10-8-23)18-6-3-13(19)12-22-18/h3-6,11-12,17H,2,7-10H2,1H3. The average molecular weight is 352 g/mol. The van der Waals surface area contributed by atoms with E-state index in [9.17, 15) is 8.78 Å². The Bertz CT molecular complexity index is 685. The van der Waals surface area contributed by atoms with Gasteiger partial charge >= 0.3 is 0 Å². The Kier molecular flexibility index (Phi) is 5.31. The van der Waals surface area contributed by atoms with Gasteiger partial charge in [0.15, 0.2) is 0 Å². The van der Waals surface area contributed by atoms with E-state index in [0.29, 0.717) is 10.6 Å². The van der Waals surface area contributed by atoms with Crippen molar-refractivity contribution < 1.29 is 8.78 Å². The van der Waals surface area contributed by atoms with Crippen LogP contribution in [0.3, 0.4) is 0 Å². The normalized spacial score (nSPS) is 17.1. The first-order chi connectivity index (χ1) is 11.6. The van der Waals surface area contributed by atoms with Crippen molar-refractivity contribution in [3.05, 3.63) is 58.7 Å². The van der Waals surface area contributed by atoms with Crippen LogP contribution in [-0.4, -0.2) is 36.1 Å². The largest absolute Gasteiger partial charge is 0.354 e. The molecule has 1 atom stereocenters. The van der Waals surface area contributed by atoms with Gasteiger partial charge in [0.1, 0.15) is 17.5 Å². The molecule has 6 heteroatoms. The van der Waals surface area contributed by atoms with E-state index in [-0.39, 0.29) is 6.04 Å². The summed E-state index contributed by atoms with van der Waals surface area (Å²) in [4.78, 5) is 8.80. The summed E-state index contributed by atoms with van der Waals surface area (Å²) < 4.78 is 27.3. The zero-order valence-corrected chi connectivity index (χ0v) is 14.3. The quantitative estimate of drug-likeness (QED) is 0.819. The van der Waals surface area contributed by atoms with Crippen LogP contribution in [-0.2, 0) is 0 Å². The molecule has 0 N–H and O–H groups in total. The highest BCUT2D eigenvalue weighted by atomic mass is 35.5. The van der Waals surface area contributed by atoms with Gasteiger partial charge in [0.25, 0.3) is 0 Å². The van der Waals surface area contributed by atoms with Gasteiger partial charge in [-0.15, -0.1) is 0 Å². The first-order valence-electron chi connectivity index (χ1n) is 8.14. The van der Waals surface area contributed by atoms with Crippen LogP contribution in [0, 0.1) is 11.6 Å². The molecule has 0 saturated carbocycles. The molecule has 2 aromatic rings. The number of rotatable bonds is 4. The Morgan fingerprint density at radius 3 is 2.46 bits per heavy atom. The third-order valence-electron chi connectivity index (χ3n) is 4.50. The highest BCUT2D eigenvalue weighted by Crippen LogP contribution is 2.28. The van der Waals surface area contributed by atoms with Crippen molar-refractivity contribution in [3.8, 4) is 0 Å². The molecule has 1 saturated heterocycles. The topological polar surface area (TPSA) is 19.4 Å². The van der Waals surface area contributed by atoms with Gasteiger partial charge in [-0.25, -0.2) is 13.8 Å². The molecule has 128 valence electrons. The number of hydrogen-bond donors (Lipinski definition) is 0. The van der Waals surface area contributed by atoms with Crippen molar-refractivity contribution in [3.63, 3.8) is 0 Å². The van der Waals surface area contributed by atoms with E-state index in [1.165, 1.54) is 6.07 Å². The molecular formula is C18H20ClF2N3. The lowest BCUT2D eigenvalue weighted by molar-refractivity contribution is 0.177. The first kappa shape index (κ1) is 17.1. The van der Waals surface area contributed by atoms with Gasteiger partial charge in [-0.2, -0.15) is 0 Å². The van der Waals surface area contributed by atoms with E-state index < -0.39 is 11.6 Å². The third kappa shape index (κ3) is 3.68. The van der Waals surface area contributed by atoms with Crippen LogP contribution in [0.5, 0.6) is 0 Å². The number of nitrogens with zero attached hydrogens (tertiary/aromatic N) is 3. The van der Waals surface area contributed by atoms with Gasteiger partial charge in [0, 0.05) is 50.0 Å². The summed E-state index contributed by atoms with van der Waals surface area (Å²) in [7, 11) is 0. The second-order valence-electron chi connectivity index (χ2n) is 5.95. The minimum atomic E-state index is -0.537. The van der Waals surface area contributed by atoms with E-state index in [2.05, 4.69) is 14.8 Å². The van der Waals surface area contributed by atoms with Gasteiger partial charge in [-0.1, -0.05) is 24.6 Å². The molecule has 2 heterocycles. The molecule has 0 aliphatic carbocycles. The number of pyridine rings is 1. The number of piperazine rings is 1. The Labute approximate surface area is 145 Å². The van der Waals surface area contributed by atoms with Gasteiger partial charge in [-0.05, 0) is 24.6 Å². The molecule has 1 aromatic heterocycles. The zero-order valence-electron chi connectivity index (χ0n) is 13.6. The van der Waals surface area contributed by atoms with E-state index >= 15 is 0 Å². The van der Waals surface area contributed by atoms with Crippen molar-refractivity contribution in [2.75, 3.05) is 31.1 Å². The molecule has 1 unspecified atom stereocenters. The molecular weight excluding hydrogens is 332 g/mol. The van der Waals surface area contributed by atoms with E-state index in [1.807, 2.05) is 19.1 Å². The predicted octanol–water partition coefficient (Wildman–Crippen LogP) is 4.29. The van der Waals surface area contributed by atoms with Crippen LogP contribution in [0.4, 0.5) is 14.6 Å². The van der Waals surface area contributed by atoms with Crippen molar-refractivity contribution in [1.82, 2.24) is 9.88 Å². The summed E-state index contributed by atoms with van der Waals surface area (Å²) >= 11 is 5.88. The molecule has 0 bridgehead atoms. The van der Waals surface area contributed by atoms with Gasteiger partial charge in [0.05, 0.1) is 5.02 Å². The third-order valence-corrected chi connectivity index (χ3v) is 4.72. The minimum Gasteiger partial charge on any atom is -0.354 e. The fourth-order valence-electron chi connectivity index (χ4n) is 3.26. The summed E-state index contributed by atoms with van der Waals surface area (Å²) in [6.07, 6.45) is 2.42. The van der Waals surface area contributed by atoms with Crippen molar-refractivity contribution >= 4 is 17.4 Å².